The molecule has 0 unspecified atom stereocenters. The highest BCUT2D eigenvalue weighted by Gasteiger charge is 2.02. The summed E-state index contributed by atoms with van der Waals surface area (Å²) >= 11 is 4.25. The van der Waals surface area contributed by atoms with E-state index in [0.717, 1.165) is 42.8 Å². The van der Waals surface area contributed by atoms with Crippen molar-refractivity contribution < 1.29 is 9.59 Å². The van der Waals surface area contributed by atoms with Gasteiger partial charge in [-0.25, -0.2) is 0 Å². The molecule has 0 saturated carbocycles. The van der Waals surface area contributed by atoms with E-state index >= 15 is 0 Å². The lowest BCUT2D eigenvalue weighted by Crippen LogP contribution is -2.23. The van der Waals surface area contributed by atoms with Crippen LogP contribution in [0.1, 0.15) is 116 Å². The van der Waals surface area contributed by atoms with Crippen molar-refractivity contribution in [1.29, 1.82) is 0 Å². The van der Waals surface area contributed by atoms with Gasteiger partial charge in [-0.15, -0.1) is 12.6 Å². The minimum absolute atomic E-state index is 0.106. The number of nitrogens with one attached hydrogen (secondary N) is 2. The standard InChI is InChI=1S/C27H46N2O2S/c1-2-23-28-26(30)17-15-13-11-9-7-5-3-4-6-8-10-12-14-16-18-27(31)29-24-19-21-25(32)22-20-24/h19-22,32H,2-18,23H2,1H3,(H,28,30)(H,29,31). The van der Waals surface area contributed by atoms with E-state index in [4.69, 9.17) is 0 Å². The van der Waals surface area contributed by atoms with Crippen molar-refractivity contribution >= 4 is 30.1 Å². The van der Waals surface area contributed by atoms with Gasteiger partial charge in [-0.1, -0.05) is 84.0 Å². The molecule has 182 valence electrons. The van der Waals surface area contributed by atoms with Gasteiger partial charge in [0.1, 0.15) is 0 Å². The Hall–Kier alpha value is -1.49. The Balaban J connectivity index is 1.77. The van der Waals surface area contributed by atoms with E-state index in [2.05, 4.69) is 30.2 Å². The predicted octanol–water partition coefficient (Wildman–Crippen LogP) is 7.68. The summed E-state index contributed by atoms with van der Waals surface area (Å²) in [5, 5.41) is 5.88. The molecule has 1 aromatic rings. The summed E-state index contributed by atoms with van der Waals surface area (Å²) in [4.78, 5) is 24.4. The van der Waals surface area contributed by atoms with Gasteiger partial charge in [-0.05, 0) is 43.5 Å². The van der Waals surface area contributed by atoms with Gasteiger partial charge in [0.15, 0.2) is 0 Å². The van der Waals surface area contributed by atoms with E-state index in [-0.39, 0.29) is 11.8 Å². The van der Waals surface area contributed by atoms with Gasteiger partial charge in [0.2, 0.25) is 11.8 Å². The highest BCUT2D eigenvalue weighted by molar-refractivity contribution is 7.80. The Labute approximate surface area is 202 Å². The zero-order chi connectivity index (χ0) is 23.3. The average molecular weight is 463 g/mol. The molecule has 0 aliphatic heterocycles. The molecular weight excluding hydrogens is 416 g/mol. The molecule has 0 atom stereocenters. The Morgan fingerprint density at radius 3 is 1.50 bits per heavy atom. The Morgan fingerprint density at radius 2 is 1.06 bits per heavy atom. The molecule has 2 N–H and O–H groups in total. The highest BCUT2D eigenvalue weighted by Crippen LogP contribution is 2.15. The molecule has 0 aliphatic rings. The van der Waals surface area contributed by atoms with E-state index in [1.807, 2.05) is 24.3 Å². The summed E-state index contributed by atoms with van der Waals surface area (Å²) in [7, 11) is 0. The molecule has 0 saturated heterocycles. The smallest absolute Gasteiger partial charge is 0.224 e. The number of hydrogen-bond acceptors (Lipinski definition) is 3. The maximum atomic E-state index is 11.9. The molecule has 0 heterocycles. The quantitative estimate of drug-likeness (QED) is 0.137. The molecule has 0 fully saturated rings. The predicted molar refractivity (Wildman–Crippen MR) is 139 cm³/mol. The lowest BCUT2D eigenvalue weighted by atomic mass is 10.0. The van der Waals surface area contributed by atoms with Gasteiger partial charge >= 0.3 is 0 Å². The topological polar surface area (TPSA) is 58.2 Å². The largest absolute Gasteiger partial charge is 0.356 e. The summed E-state index contributed by atoms with van der Waals surface area (Å²) in [5.74, 6) is 0.322. The second-order valence-corrected chi connectivity index (χ2v) is 9.41. The number of unbranched alkanes of at least 4 members (excludes halogenated alkanes) is 13. The molecule has 0 spiro atoms. The van der Waals surface area contributed by atoms with Crippen molar-refractivity contribution in [2.75, 3.05) is 11.9 Å². The van der Waals surface area contributed by atoms with Crippen LogP contribution in [0.3, 0.4) is 0 Å². The molecule has 0 bridgehead atoms. The van der Waals surface area contributed by atoms with E-state index in [0.29, 0.717) is 12.8 Å². The number of carbonyl (C=O) groups is 2. The SMILES string of the molecule is CCCNC(=O)CCCCCCCCCCCCCCCCC(=O)Nc1ccc(S)cc1. The molecular formula is C27H46N2O2S. The molecule has 0 radical (unpaired) electrons. The number of rotatable bonds is 20. The lowest BCUT2D eigenvalue weighted by Gasteiger charge is -2.06. The van der Waals surface area contributed by atoms with Gasteiger partial charge < -0.3 is 10.6 Å². The van der Waals surface area contributed by atoms with Crippen LogP contribution < -0.4 is 10.6 Å². The molecule has 1 aromatic carbocycles. The Bertz CT molecular complexity index is 604. The van der Waals surface area contributed by atoms with Crippen LogP contribution in [0, 0.1) is 0 Å². The maximum absolute atomic E-state index is 11.9. The number of carbonyl (C=O) groups excluding carboxylic acids is 2. The normalized spacial score (nSPS) is 10.8. The van der Waals surface area contributed by atoms with Crippen LogP contribution in [-0.4, -0.2) is 18.4 Å². The summed E-state index contributed by atoms with van der Waals surface area (Å²) in [6.45, 7) is 2.89. The third kappa shape index (κ3) is 17.1. The fourth-order valence-electron chi connectivity index (χ4n) is 3.81. The van der Waals surface area contributed by atoms with Gasteiger partial charge in [0.25, 0.3) is 0 Å². The first-order valence-corrected chi connectivity index (χ1v) is 13.4. The zero-order valence-corrected chi connectivity index (χ0v) is 21.2. The minimum Gasteiger partial charge on any atom is -0.356 e. The zero-order valence-electron chi connectivity index (χ0n) is 20.3. The average Bonchev–Trinajstić information content (AvgIpc) is 2.78. The number of hydrogen-bond donors (Lipinski definition) is 3. The van der Waals surface area contributed by atoms with Crippen LogP contribution >= 0.6 is 12.6 Å². The third-order valence-corrected chi connectivity index (χ3v) is 6.08. The summed E-state index contributed by atoms with van der Waals surface area (Å²) in [6.07, 6.45) is 19.8. The van der Waals surface area contributed by atoms with Crippen molar-refractivity contribution in [3.63, 3.8) is 0 Å². The highest BCUT2D eigenvalue weighted by atomic mass is 32.1. The second kappa shape index (κ2) is 20.1. The van der Waals surface area contributed by atoms with Crippen molar-refractivity contribution in [2.24, 2.45) is 0 Å². The monoisotopic (exact) mass is 462 g/mol. The number of anilines is 1. The first-order chi connectivity index (χ1) is 15.6. The van der Waals surface area contributed by atoms with Gasteiger partial charge in [-0.2, -0.15) is 0 Å². The second-order valence-electron chi connectivity index (χ2n) is 8.89. The molecule has 0 aliphatic carbocycles. The van der Waals surface area contributed by atoms with Crippen LogP contribution in [0.5, 0.6) is 0 Å². The van der Waals surface area contributed by atoms with Crippen molar-refractivity contribution in [3.05, 3.63) is 24.3 Å². The summed E-state index contributed by atoms with van der Waals surface area (Å²) < 4.78 is 0. The molecule has 0 aromatic heterocycles. The van der Waals surface area contributed by atoms with E-state index < -0.39 is 0 Å². The van der Waals surface area contributed by atoms with Crippen LogP contribution in [0.15, 0.2) is 29.2 Å². The first kappa shape index (κ1) is 28.5. The number of thiol groups is 1. The van der Waals surface area contributed by atoms with Crippen molar-refractivity contribution in [1.82, 2.24) is 5.32 Å². The van der Waals surface area contributed by atoms with Gasteiger partial charge in [-0.3, -0.25) is 9.59 Å². The fraction of sp³-hybridized carbons (Fsp3) is 0.704. The summed E-state index contributed by atoms with van der Waals surface area (Å²) in [6, 6.07) is 7.55. The first-order valence-electron chi connectivity index (χ1n) is 13.0. The van der Waals surface area contributed by atoms with Crippen LogP contribution in [0.2, 0.25) is 0 Å². The minimum atomic E-state index is 0.106. The molecule has 4 nitrogen and oxygen atoms in total. The number of amides is 2. The van der Waals surface area contributed by atoms with Crippen LogP contribution in [-0.2, 0) is 9.59 Å². The van der Waals surface area contributed by atoms with Crippen molar-refractivity contribution in [3.8, 4) is 0 Å². The van der Waals surface area contributed by atoms with E-state index in [1.54, 1.807) is 0 Å². The molecule has 5 heteroatoms. The number of benzene rings is 1. The van der Waals surface area contributed by atoms with Crippen LogP contribution in [0.4, 0.5) is 5.69 Å². The summed E-state index contributed by atoms with van der Waals surface area (Å²) in [5.41, 5.74) is 0.847. The van der Waals surface area contributed by atoms with Crippen molar-refractivity contribution in [2.45, 2.75) is 121 Å². The molecule has 1 rings (SSSR count). The Kier molecular flexibility index (Phi) is 18.0. The van der Waals surface area contributed by atoms with Gasteiger partial charge in [0, 0.05) is 30.0 Å². The van der Waals surface area contributed by atoms with E-state index in [1.165, 1.54) is 70.6 Å². The molecule has 2 amide bonds. The van der Waals surface area contributed by atoms with E-state index in [9.17, 15) is 9.59 Å². The maximum Gasteiger partial charge on any atom is 0.224 e. The Morgan fingerprint density at radius 1 is 0.656 bits per heavy atom. The van der Waals surface area contributed by atoms with Crippen LogP contribution in [0.25, 0.3) is 0 Å². The van der Waals surface area contributed by atoms with Gasteiger partial charge in [0.05, 0.1) is 0 Å². The molecule has 32 heavy (non-hydrogen) atoms. The third-order valence-electron chi connectivity index (χ3n) is 5.78. The lowest BCUT2D eigenvalue weighted by molar-refractivity contribution is -0.121. The fourth-order valence-corrected chi connectivity index (χ4v) is 3.96.